The van der Waals surface area contributed by atoms with E-state index in [0.717, 1.165) is 12.8 Å². The van der Waals surface area contributed by atoms with Crippen molar-refractivity contribution in [3.05, 3.63) is 29.8 Å². The highest BCUT2D eigenvalue weighted by Crippen LogP contribution is 2.27. The fraction of sp³-hybridized carbons (Fsp3) is 0.462. The molecule has 0 bridgehead atoms. The smallest absolute Gasteiger partial charge is 0.207 e. The summed E-state index contributed by atoms with van der Waals surface area (Å²) in [7, 11) is -3.51. The average Bonchev–Trinajstić information content (AvgIpc) is 2.88. The minimum Gasteiger partial charge on any atom is -0.207 e. The summed E-state index contributed by atoms with van der Waals surface area (Å²) in [5.41, 5.74) is 0.220. The van der Waals surface area contributed by atoms with Crippen molar-refractivity contribution in [2.75, 3.05) is 13.1 Å². The van der Waals surface area contributed by atoms with Crippen molar-refractivity contribution in [2.45, 2.75) is 24.7 Å². The van der Waals surface area contributed by atoms with Crippen molar-refractivity contribution in [3.63, 3.8) is 0 Å². The second kappa shape index (κ2) is 5.09. The van der Waals surface area contributed by atoms with E-state index >= 15 is 0 Å². The first-order valence-corrected chi connectivity index (χ1v) is 7.53. The van der Waals surface area contributed by atoms with E-state index in [0.29, 0.717) is 19.0 Å². The van der Waals surface area contributed by atoms with E-state index in [2.05, 4.69) is 6.92 Å². The molecule has 0 amide bonds. The normalized spacial score (nSPS) is 20.8. The van der Waals surface area contributed by atoms with Gasteiger partial charge >= 0.3 is 0 Å². The lowest BCUT2D eigenvalue weighted by atomic mass is 10.1. The van der Waals surface area contributed by atoms with E-state index in [9.17, 15) is 8.42 Å². The van der Waals surface area contributed by atoms with Gasteiger partial charge < -0.3 is 0 Å². The number of benzene rings is 1. The van der Waals surface area contributed by atoms with E-state index < -0.39 is 10.0 Å². The van der Waals surface area contributed by atoms with E-state index in [-0.39, 0.29) is 10.5 Å². The maximum absolute atomic E-state index is 12.5. The molecule has 2 rings (SSSR count). The van der Waals surface area contributed by atoms with Crippen LogP contribution in [0.3, 0.4) is 0 Å². The third kappa shape index (κ3) is 2.26. The number of sulfonamides is 1. The Balaban J connectivity index is 2.35. The summed E-state index contributed by atoms with van der Waals surface area (Å²) in [5, 5.41) is 8.99. The van der Waals surface area contributed by atoms with Gasteiger partial charge in [0.05, 0.1) is 10.5 Å². The van der Waals surface area contributed by atoms with Gasteiger partial charge in [0, 0.05) is 13.1 Å². The van der Waals surface area contributed by atoms with Crippen molar-refractivity contribution in [3.8, 4) is 6.07 Å². The number of hydrogen-bond acceptors (Lipinski definition) is 3. The molecule has 0 aliphatic carbocycles. The highest BCUT2D eigenvalue weighted by molar-refractivity contribution is 7.89. The molecule has 1 aliphatic rings. The van der Waals surface area contributed by atoms with E-state index in [1.807, 2.05) is 6.07 Å². The van der Waals surface area contributed by atoms with Gasteiger partial charge in [-0.2, -0.15) is 9.57 Å². The number of nitriles is 1. The van der Waals surface area contributed by atoms with Crippen LogP contribution in [0, 0.1) is 17.2 Å². The van der Waals surface area contributed by atoms with Crippen LogP contribution in [-0.2, 0) is 10.0 Å². The fourth-order valence-electron chi connectivity index (χ4n) is 2.27. The Morgan fingerprint density at radius 1 is 1.44 bits per heavy atom. The topological polar surface area (TPSA) is 61.2 Å². The second-order valence-electron chi connectivity index (χ2n) is 4.53. The van der Waals surface area contributed by atoms with Crippen LogP contribution in [0.2, 0.25) is 0 Å². The Hall–Kier alpha value is -1.38. The third-order valence-corrected chi connectivity index (χ3v) is 5.37. The van der Waals surface area contributed by atoms with Crippen LogP contribution in [0.5, 0.6) is 0 Å². The van der Waals surface area contributed by atoms with Gasteiger partial charge in [0.15, 0.2) is 0 Å². The van der Waals surface area contributed by atoms with Crippen LogP contribution in [0.1, 0.15) is 25.3 Å². The van der Waals surface area contributed by atoms with Gasteiger partial charge in [-0.15, -0.1) is 0 Å². The van der Waals surface area contributed by atoms with Gasteiger partial charge in [-0.1, -0.05) is 25.5 Å². The molecule has 1 atom stereocenters. The van der Waals surface area contributed by atoms with E-state index in [1.165, 1.54) is 10.4 Å². The molecule has 18 heavy (non-hydrogen) atoms. The van der Waals surface area contributed by atoms with Crippen LogP contribution < -0.4 is 0 Å². The molecular weight excluding hydrogens is 248 g/mol. The molecule has 96 valence electrons. The van der Waals surface area contributed by atoms with Crippen LogP contribution in [0.25, 0.3) is 0 Å². The molecule has 1 aromatic rings. The Morgan fingerprint density at radius 3 is 2.78 bits per heavy atom. The summed E-state index contributed by atoms with van der Waals surface area (Å²) in [4.78, 5) is 0.129. The molecule has 1 aromatic carbocycles. The summed E-state index contributed by atoms with van der Waals surface area (Å²) < 4.78 is 26.4. The van der Waals surface area contributed by atoms with Gasteiger partial charge in [-0.05, 0) is 24.5 Å². The quantitative estimate of drug-likeness (QED) is 0.838. The van der Waals surface area contributed by atoms with Crippen molar-refractivity contribution in [1.29, 1.82) is 5.26 Å². The standard InChI is InChI=1S/C13H16N2O2S/c1-2-11-7-8-15(10-11)18(16,17)13-6-4-3-5-12(13)9-14/h3-6,11H,2,7-8,10H2,1H3. The summed E-state index contributed by atoms with van der Waals surface area (Å²) in [6, 6.07) is 8.32. The first-order chi connectivity index (χ1) is 8.59. The van der Waals surface area contributed by atoms with Gasteiger partial charge in [0.25, 0.3) is 0 Å². The Bertz CT molecular complexity index is 575. The first kappa shape index (κ1) is 13.1. The molecule has 5 heteroatoms. The lowest BCUT2D eigenvalue weighted by Gasteiger charge is -2.17. The molecule has 1 fully saturated rings. The fourth-order valence-corrected chi connectivity index (χ4v) is 3.94. The van der Waals surface area contributed by atoms with Crippen molar-refractivity contribution >= 4 is 10.0 Å². The number of rotatable bonds is 3. The zero-order chi connectivity index (χ0) is 13.2. The van der Waals surface area contributed by atoms with Crippen molar-refractivity contribution < 1.29 is 8.42 Å². The Kier molecular flexibility index (Phi) is 3.69. The average molecular weight is 264 g/mol. The molecule has 0 spiro atoms. The third-order valence-electron chi connectivity index (χ3n) is 3.45. The van der Waals surface area contributed by atoms with Crippen LogP contribution >= 0.6 is 0 Å². The van der Waals surface area contributed by atoms with E-state index in [4.69, 9.17) is 5.26 Å². The summed E-state index contributed by atoms with van der Waals surface area (Å²) in [6.07, 6.45) is 1.90. The van der Waals surface area contributed by atoms with Gasteiger partial charge in [0.2, 0.25) is 10.0 Å². The van der Waals surface area contributed by atoms with Crippen LogP contribution in [0.15, 0.2) is 29.2 Å². The number of hydrogen-bond donors (Lipinski definition) is 0. The monoisotopic (exact) mass is 264 g/mol. The van der Waals surface area contributed by atoms with Crippen LogP contribution in [0.4, 0.5) is 0 Å². The highest BCUT2D eigenvalue weighted by Gasteiger charge is 2.32. The molecule has 0 saturated carbocycles. The molecule has 0 N–H and O–H groups in total. The predicted molar refractivity (Wildman–Crippen MR) is 68.3 cm³/mol. The maximum Gasteiger partial charge on any atom is 0.244 e. The summed E-state index contributed by atoms with van der Waals surface area (Å²) in [6.45, 7) is 3.20. The van der Waals surface area contributed by atoms with Crippen molar-refractivity contribution in [2.24, 2.45) is 5.92 Å². The molecule has 0 radical (unpaired) electrons. The SMILES string of the molecule is CCC1CCN(S(=O)(=O)c2ccccc2C#N)C1. The highest BCUT2D eigenvalue weighted by atomic mass is 32.2. The zero-order valence-corrected chi connectivity index (χ0v) is 11.2. The molecule has 0 aromatic heterocycles. The first-order valence-electron chi connectivity index (χ1n) is 6.09. The van der Waals surface area contributed by atoms with Gasteiger partial charge in [-0.25, -0.2) is 8.42 Å². The number of nitrogens with zero attached hydrogens (tertiary/aromatic N) is 2. The van der Waals surface area contributed by atoms with E-state index in [1.54, 1.807) is 18.2 Å². The lowest BCUT2D eigenvalue weighted by molar-refractivity contribution is 0.453. The molecule has 4 nitrogen and oxygen atoms in total. The molecular formula is C13H16N2O2S. The van der Waals surface area contributed by atoms with Crippen molar-refractivity contribution in [1.82, 2.24) is 4.31 Å². The largest absolute Gasteiger partial charge is 0.244 e. The minimum absolute atomic E-state index is 0.129. The Labute approximate surface area is 108 Å². The van der Waals surface area contributed by atoms with Crippen LogP contribution in [-0.4, -0.2) is 25.8 Å². The van der Waals surface area contributed by atoms with Gasteiger partial charge in [-0.3, -0.25) is 0 Å². The maximum atomic E-state index is 12.5. The summed E-state index contributed by atoms with van der Waals surface area (Å²) in [5.74, 6) is 0.439. The molecule has 1 unspecified atom stereocenters. The molecule has 1 aliphatic heterocycles. The minimum atomic E-state index is -3.51. The molecule has 1 saturated heterocycles. The Morgan fingerprint density at radius 2 is 2.17 bits per heavy atom. The lowest BCUT2D eigenvalue weighted by Crippen LogP contribution is -2.29. The second-order valence-corrected chi connectivity index (χ2v) is 6.44. The predicted octanol–water partition coefficient (Wildman–Crippen LogP) is 1.98. The zero-order valence-electron chi connectivity index (χ0n) is 10.3. The van der Waals surface area contributed by atoms with Gasteiger partial charge in [0.1, 0.15) is 6.07 Å². The summed E-state index contributed by atoms with van der Waals surface area (Å²) >= 11 is 0. The molecule has 1 heterocycles.